The van der Waals surface area contributed by atoms with Gasteiger partial charge in [-0.15, -0.1) is 0 Å². The highest BCUT2D eigenvalue weighted by Gasteiger charge is 2.24. The summed E-state index contributed by atoms with van der Waals surface area (Å²) in [6, 6.07) is 5.95. The molecule has 2 rings (SSSR count). The number of hydrogen-bond donors (Lipinski definition) is 1. The van der Waals surface area contributed by atoms with Crippen molar-refractivity contribution in [3.8, 4) is 0 Å². The minimum Gasteiger partial charge on any atom is -0.450 e. The monoisotopic (exact) mass is 311 g/mol. The van der Waals surface area contributed by atoms with Crippen LogP contribution in [0.1, 0.15) is 12.5 Å². The van der Waals surface area contributed by atoms with Crippen LogP contribution in [0.25, 0.3) is 0 Å². The van der Waals surface area contributed by atoms with Crippen LogP contribution in [0.3, 0.4) is 0 Å². The highest BCUT2D eigenvalue weighted by atomic mass is 35.5. The number of piperazine rings is 1. The second-order valence-corrected chi connectivity index (χ2v) is 5.36. The van der Waals surface area contributed by atoms with Crippen LogP contribution in [0.15, 0.2) is 18.2 Å². The predicted octanol–water partition coefficient (Wildman–Crippen LogP) is 2.34. The second-order valence-electron chi connectivity index (χ2n) is 4.95. The number of nitrogens with one attached hydrogen (secondary N) is 1. The fraction of sp³-hybridized carbons (Fsp3) is 0.533. The van der Waals surface area contributed by atoms with Crippen LogP contribution in [0.4, 0.5) is 10.5 Å². The third-order valence-corrected chi connectivity index (χ3v) is 3.86. The van der Waals surface area contributed by atoms with E-state index in [2.05, 4.69) is 16.3 Å². The Kier molecular flexibility index (Phi) is 5.70. The molecule has 0 aliphatic carbocycles. The number of carbonyl (C=O) groups is 1. The first-order valence-corrected chi connectivity index (χ1v) is 7.63. The van der Waals surface area contributed by atoms with Gasteiger partial charge in [0.1, 0.15) is 0 Å². The van der Waals surface area contributed by atoms with E-state index in [0.29, 0.717) is 19.7 Å². The summed E-state index contributed by atoms with van der Waals surface area (Å²) < 4.78 is 5.04. The molecule has 0 bridgehead atoms. The molecule has 0 aromatic heterocycles. The molecule has 1 aliphatic rings. The molecule has 1 aromatic carbocycles. The van der Waals surface area contributed by atoms with Gasteiger partial charge in [0.05, 0.1) is 17.3 Å². The SMILES string of the molecule is CCOC(=O)N1CCN(c2c(Cl)cccc2CNC)CC1. The maximum Gasteiger partial charge on any atom is 0.409 e. The summed E-state index contributed by atoms with van der Waals surface area (Å²) >= 11 is 6.37. The first-order valence-electron chi connectivity index (χ1n) is 7.26. The van der Waals surface area contributed by atoms with E-state index in [4.69, 9.17) is 16.3 Å². The number of halogens is 1. The van der Waals surface area contributed by atoms with E-state index in [1.165, 1.54) is 5.56 Å². The van der Waals surface area contributed by atoms with Crippen LogP contribution in [0.5, 0.6) is 0 Å². The maximum atomic E-state index is 11.7. The number of hydrogen-bond acceptors (Lipinski definition) is 4. The van der Waals surface area contributed by atoms with E-state index in [-0.39, 0.29) is 6.09 Å². The quantitative estimate of drug-likeness (QED) is 0.927. The Morgan fingerprint density at radius 2 is 2.05 bits per heavy atom. The summed E-state index contributed by atoms with van der Waals surface area (Å²) in [5, 5.41) is 3.92. The van der Waals surface area contributed by atoms with Crippen LogP contribution in [-0.2, 0) is 11.3 Å². The number of anilines is 1. The smallest absolute Gasteiger partial charge is 0.409 e. The number of benzene rings is 1. The second kappa shape index (κ2) is 7.52. The molecular formula is C15H22ClN3O2. The number of carbonyl (C=O) groups excluding carboxylic acids is 1. The van der Waals surface area contributed by atoms with Crippen LogP contribution >= 0.6 is 11.6 Å². The number of nitrogens with zero attached hydrogens (tertiary/aromatic N) is 2. The van der Waals surface area contributed by atoms with Crippen LogP contribution in [0.2, 0.25) is 5.02 Å². The standard InChI is InChI=1S/C15H22ClN3O2/c1-3-21-15(20)19-9-7-18(8-10-19)14-12(11-17-2)5-4-6-13(14)16/h4-6,17H,3,7-11H2,1-2H3. The van der Waals surface area contributed by atoms with Crippen LogP contribution < -0.4 is 10.2 Å². The van der Waals surface area contributed by atoms with Crippen molar-refractivity contribution in [2.75, 3.05) is 44.7 Å². The molecule has 6 heteroatoms. The molecule has 1 aliphatic heterocycles. The van der Waals surface area contributed by atoms with Gasteiger partial charge in [0.15, 0.2) is 0 Å². The maximum absolute atomic E-state index is 11.7. The Balaban J connectivity index is 2.07. The molecule has 5 nitrogen and oxygen atoms in total. The van der Waals surface area contributed by atoms with Gasteiger partial charge in [0, 0.05) is 32.7 Å². The molecule has 0 unspecified atom stereocenters. The zero-order valence-corrected chi connectivity index (χ0v) is 13.3. The van der Waals surface area contributed by atoms with Gasteiger partial charge >= 0.3 is 6.09 Å². The highest BCUT2D eigenvalue weighted by molar-refractivity contribution is 6.33. The molecular weight excluding hydrogens is 290 g/mol. The zero-order valence-electron chi connectivity index (χ0n) is 12.6. The molecule has 0 spiro atoms. The Hall–Kier alpha value is -1.46. The topological polar surface area (TPSA) is 44.8 Å². The molecule has 1 saturated heterocycles. The van der Waals surface area contributed by atoms with E-state index in [1.807, 2.05) is 26.1 Å². The van der Waals surface area contributed by atoms with E-state index >= 15 is 0 Å². The van der Waals surface area contributed by atoms with Gasteiger partial charge in [-0.1, -0.05) is 23.7 Å². The molecule has 1 N–H and O–H groups in total. The molecule has 21 heavy (non-hydrogen) atoms. The van der Waals surface area contributed by atoms with Crippen molar-refractivity contribution >= 4 is 23.4 Å². The molecule has 0 atom stereocenters. The van der Waals surface area contributed by atoms with Gasteiger partial charge in [-0.3, -0.25) is 0 Å². The summed E-state index contributed by atoms with van der Waals surface area (Å²) in [6.07, 6.45) is -0.230. The summed E-state index contributed by atoms with van der Waals surface area (Å²) in [5.74, 6) is 0. The first kappa shape index (κ1) is 15.9. The van der Waals surface area contributed by atoms with Crippen LogP contribution in [0, 0.1) is 0 Å². The van der Waals surface area contributed by atoms with Gasteiger partial charge in [-0.05, 0) is 25.6 Å². The molecule has 1 aromatic rings. The van der Waals surface area contributed by atoms with Gasteiger partial charge < -0.3 is 19.9 Å². The average Bonchev–Trinajstić information content (AvgIpc) is 2.48. The largest absolute Gasteiger partial charge is 0.450 e. The lowest BCUT2D eigenvalue weighted by atomic mass is 10.1. The normalized spacial score (nSPS) is 15.2. The van der Waals surface area contributed by atoms with E-state index < -0.39 is 0 Å². The first-order chi connectivity index (χ1) is 10.2. The third kappa shape index (κ3) is 3.80. The number of rotatable bonds is 4. The molecule has 1 amide bonds. The molecule has 116 valence electrons. The van der Waals surface area contributed by atoms with Crippen molar-refractivity contribution < 1.29 is 9.53 Å². The zero-order chi connectivity index (χ0) is 15.2. The van der Waals surface area contributed by atoms with E-state index in [1.54, 1.807) is 4.90 Å². The minimum atomic E-state index is -0.230. The lowest BCUT2D eigenvalue weighted by Crippen LogP contribution is -2.49. The van der Waals surface area contributed by atoms with Gasteiger partial charge in [0.25, 0.3) is 0 Å². The Morgan fingerprint density at radius 1 is 1.33 bits per heavy atom. The fourth-order valence-corrected chi connectivity index (χ4v) is 2.89. The molecule has 1 heterocycles. The lowest BCUT2D eigenvalue weighted by Gasteiger charge is -2.36. The van der Waals surface area contributed by atoms with Crippen molar-refractivity contribution in [1.82, 2.24) is 10.2 Å². The van der Waals surface area contributed by atoms with Gasteiger partial charge in [-0.25, -0.2) is 4.79 Å². The van der Waals surface area contributed by atoms with Crippen molar-refractivity contribution in [3.05, 3.63) is 28.8 Å². The lowest BCUT2D eigenvalue weighted by molar-refractivity contribution is 0.105. The third-order valence-electron chi connectivity index (χ3n) is 3.56. The average molecular weight is 312 g/mol. The van der Waals surface area contributed by atoms with E-state index in [9.17, 15) is 4.79 Å². The van der Waals surface area contributed by atoms with Crippen molar-refractivity contribution in [2.45, 2.75) is 13.5 Å². The fourth-order valence-electron chi connectivity index (χ4n) is 2.57. The molecule has 0 radical (unpaired) electrons. The summed E-state index contributed by atoms with van der Waals surface area (Å²) in [7, 11) is 1.92. The Labute approximate surface area is 130 Å². The number of para-hydroxylation sites is 1. The minimum absolute atomic E-state index is 0.230. The number of amides is 1. The van der Waals surface area contributed by atoms with Crippen LogP contribution in [-0.4, -0.2) is 50.8 Å². The molecule has 0 saturated carbocycles. The van der Waals surface area contributed by atoms with Crippen molar-refractivity contribution in [3.63, 3.8) is 0 Å². The number of ether oxygens (including phenoxy) is 1. The predicted molar refractivity (Wildman–Crippen MR) is 85.0 cm³/mol. The van der Waals surface area contributed by atoms with Crippen molar-refractivity contribution in [1.29, 1.82) is 0 Å². The van der Waals surface area contributed by atoms with Crippen molar-refractivity contribution in [2.24, 2.45) is 0 Å². The summed E-state index contributed by atoms with van der Waals surface area (Å²) in [6.45, 7) is 5.84. The van der Waals surface area contributed by atoms with Gasteiger partial charge in [0.2, 0.25) is 0 Å². The summed E-state index contributed by atoms with van der Waals surface area (Å²) in [4.78, 5) is 15.7. The Morgan fingerprint density at radius 3 is 2.67 bits per heavy atom. The van der Waals surface area contributed by atoms with E-state index in [0.717, 1.165) is 30.3 Å². The van der Waals surface area contributed by atoms with Gasteiger partial charge in [-0.2, -0.15) is 0 Å². The Bertz CT molecular complexity index is 488. The highest BCUT2D eigenvalue weighted by Crippen LogP contribution is 2.30. The summed E-state index contributed by atoms with van der Waals surface area (Å²) in [5.41, 5.74) is 2.24. The molecule has 1 fully saturated rings.